The number of nitrogens with one attached hydrogen (secondary N) is 1. The molecule has 5 rings (SSSR count). The maximum Gasteiger partial charge on any atom is 0.265 e. The molecule has 4 aromatic rings. The van der Waals surface area contributed by atoms with Gasteiger partial charge < -0.3 is 42.6 Å². The topological polar surface area (TPSA) is 107 Å². The van der Waals surface area contributed by atoms with Gasteiger partial charge in [-0.2, -0.15) is 0 Å². The molecule has 1 saturated heterocycles. The molecule has 5 atom stereocenters. The second kappa shape index (κ2) is 20.5. The van der Waals surface area contributed by atoms with Crippen LogP contribution in [0, 0.1) is 5.41 Å². The predicted molar refractivity (Wildman–Crippen MR) is 212 cm³/mol. The first-order chi connectivity index (χ1) is 26.1. The van der Waals surface area contributed by atoms with E-state index in [1.54, 1.807) is 28.4 Å². The van der Waals surface area contributed by atoms with Crippen LogP contribution in [0.25, 0.3) is 0 Å². The van der Waals surface area contributed by atoms with Gasteiger partial charge in [-0.15, -0.1) is 11.8 Å². The quantitative estimate of drug-likeness (QED) is 0.0595. The fourth-order valence-electron chi connectivity index (χ4n) is 5.62. The third-order valence-electron chi connectivity index (χ3n) is 8.60. The number of hydrogen-bond acceptors (Lipinski definition) is 11. The van der Waals surface area contributed by atoms with Crippen LogP contribution >= 0.6 is 46.6 Å². The Morgan fingerprint density at radius 2 is 0.889 bits per heavy atom. The van der Waals surface area contributed by atoms with E-state index in [1.165, 1.54) is 11.8 Å². The molecule has 1 fully saturated rings. The number of thioether (sulfide) groups is 1. The van der Waals surface area contributed by atoms with Crippen LogP contribution in [-0.4, -0.2) is 73.7 Å². The standard InChI is InChI=1S/C40H44Cl3NO9S/c1-45-30-13-5-26(6-14-30)21-49-25-34-35(50-22-27-7-15-31(46-2)16-8-27)36(51-23-28-9-17-32(47-3)18-10-28)37(38(54-34)53-39(44)40(41,42)43)52-24-29-11-19-33(48-4)20-12-29/h5-20,34-38,44H,21-25H2,1-4H3/t34-,35-,36+,37-,38+/m1/s1. The Labute approximate surface area is 335 Å². The average molecular weight is 821 g/mol. The summed E-state index contributed by atoms with van der Waals surface area (Å²) in [7, 11) is 6.48. The summed E-state index contributed by atoms with van der Waals surface area (Å²) in [5.74, 6) is 2.38. The van der Waals surface area contributed by atoms with Crippen LogP contribution in [0.4, 0.5) is 0 Å². The lowest BCUT2D eigenvalue weighted by molar-refractivity contribution is -0.174. The molecule has 1 aliphatic rings. The van der Waals surface area contributed by atoms with E-state index in [0.29, 0.717) is 6.61 Å². The summed E-state index contributed by atoms with van der Waals surface area (Å²) in [5, 5.41) is 8.16. The van der Waals surface area contributed by atoms with Crippen molar-refractivity contribution in [3.8, 4) is 23.0 Å². The van der Waals surface area contributed by atoms with Crippen LogP contribution in [0.15, 0.2) is 97.1 Å². The van der Waals surface area contributed by atoms with Gasteiger partial charge in [0.25, 0.3) is 3.79 Å². The van der Waals surface area contributed by atoms with Gasteiger partial charge in [-0.05, 0) is 70.8 Å². The second-order valence-electron chi connectivity index (χ2n) is 12.2. The van der Waals surface area contributed by atoms with Crippen molar-refractivity contribution >= 4 is 52.5 Å². The first-order valence-electron chi connectivity index (χ1n) is 17.0. The molecule has 0 aliphatic carbocycles. The molecule has 0 saturated carbocycles. The van der Waals surface area contributed by atoms with Crippen LogP contribution in [0.3, 0.4) is 0 Å². The predicted octanol–water partition coefficient (Wildman–Crippen LogP) is 8.80. The van der Waals surface area contributed by atoms with Crippen LogP contribution in [0.5, 0.6) is 23.0 Å². The zero-order valence-corrected chi connectivity index (χ0v) is 33.5. The van der Waals surface area contributed by atoms with Gasteiger partial charge in [-0.1, -0.05) is 83.3 Å². The molecule has 4 aromatic carbocycles. The highest BCUT2D eigenvalue weighted by Crippen LogP contribution is 2.41. The van der Waals surface area contributed by atoms with Gasteiger partial charge in [0.05, 0.1) is 66.7 Å². The summed E-state index contributed by atoms with van der Waals surface area (Å²) >= 11 is 19.8. The van der Waals surface area contributed by atoms with Crippen molar-refractivity contribution in [2.45, 2.75) is 59.2 Å². The zero-order valence-electron chi connectivity index (χ0n) is 30.4. The van der Waals surface area contributed by atoms with Crippen LogP contribution in [0.2, 0.25) is 0 Å². The third-order valence-corrected chi connectivity index (χ3v) is 10.5. The van der Waals surface area contributed by atoms with E-state index in [2.05, 4.69) is 0 Å². The summed E-state index contributed by atoms with van der Waals surface area (Å²) < 4.78 is 51.9. The maximum atomic E-state index is 8.54. The van der Waals surface area contributed by atoms with E-state index in [4.69, 9.17) is 82.8 Å². The molecule has 0 amide bonds. The molecule has 54 heavy (non-hydrogen) atoms. The Morgan fingerprint density at radius 3 is 1.26 bits per heavy atom. The second-order valence-corrected chi connectivity index (χ2v) is 15.8. The molecule has 0 spiro atoms. The largest absolute Gasteiger partial charge is 0.497 e. The Balaban J connectivity index is 1.48. The Kier molecular flexibility index (Phi) is 15.9. The molecular formula is C40H44Cl3NO9S. The summed E-state index contributed by atoms with van der Waals surface area (Å²) in [4.78, 5) is 0. The minimum absolute atomic E-state index is 0.183. The highest BCUT2D eigenvalue weighted by atomic mass is 35.6. The van der Waals surface area contributed by atoms with Gasteiger partial charge in [-0.25, -0.2) is 0 Å². The number of rotatable bonds is 18. The molecule has 0 radical (unpaired) electrons. The van der Waals surface area contributed by atoms with Crippen LogP contribution < -0.4 is 18.9 Å². The van der Waals surface area contributed by atoms with Crippen LogP contribution in [0.1, 0.15) is 22.3 Å². The third kappa shape index (κ3) is 12.1. The molecule has 0 bridgehead atoms. The van der Waals surface area contributed by atoms with E-state index in [-0.39, 0.29) is 31.7 Å². The van der Waals surface area contributed by atoms with E-state index in [0.717, 1.165) is 45.3 Å². The Bertz CT molecular complexity index is 1730. The average Bonchev–Trinajstić information content (AvgIpc) is 3.19. The fraction of sp³-hybridized carbons (Fsp3) is 0.375. The summed E-state index contributed by atoms with van der Waals surface area (Å²) in [6.45, 7) is 1.21. The summed E-state index contributed by atoms with van der Waals surface area (Å²) in [6.07, 6.45) is -2.14. The molecule has 1 heterocycles. The van der Waals surface area contributed by atoms with Gasteiger partial charge >= 0.3 is 0 Å². The SMILES string of the molecule is COc1ccc(COC[C@H]2S[C@H](OC(=N)C(Cl)(Cl)Cl)[C@H](OCc3ccc(OC)cc3)[C@@H](OCc3ccc(OC)cc3)[C@@H]2OCc2ccc(OC)cc2)cc1. The number of hydrogen-bond donors (Lipinski definition) is 1. The van der Waals surface area contributed by atoms with Crippen molar-refractivity contribution < 1.29 is 42.6 Å². The smallest absolute Gasteiger partial charge is 0.265 e. The Hall–Kier alpha value is -3.39. The molecule has 0 unspecified atom stereocenters. The van der Waals surface area contributed by atoms with Gasteiger partial charge in [0.2, 0.25) is 5.90 Å². The van der Waals surface area contributed by atoms with Crippen molar-refractivity contribution in [2.24, 2.45) is 0 Å². The van der Waals surface area contributed by atoms with Gasteiger partial charge in [0, 0.05) is 0 Å². The number of halogens is 3. The van der Waals surface area contributed by atoms with Gasteiger partial charge in [-0.3, -0.25) is 5.41 Å². The van der Waals surface area contributed by atoms with E-state index < -0.39 is 33.4 Å². The molecule has 1 aliphatic heterocycles. The maximum absolute atomic E-state index is 8.54. The Morgan fingerprint density at radius 1 is 0.537 bits per heavy atom. The molecule has 14 heteroatoms. The van der Waals surface area contributed by atoms with E-state index in [1.807, 2.05) is 97.1 Å². The molecule has 290 valence electrons. The highest BCUT2D eigenvalue weighted by molar-refractivity contribution is 8.00. The lowest BCUT2D eigenvalue weighted by Gasteiger charge is -2.45. The van der Waals surface area contributed by atoms with Crippen molar-refractivity contribution in [1.82, 2.24) is 0 Å². The monoisotopic (exact) mass is 819 g/mol. The highest BCUT2D eigenvalue weighted by Gasteiger charge is 2.50. The fourth-order valence-corrected chi connectivity index (χ4v) is 7.20. The van der Waals surface area contributed by atoms with Gasteiger partial charge in [0.15, 0.2) is 5.44 Å². The van der Waals surface area contributed by atoms with E-state index >= 15 is 0 Å². The van der Waals surface area contributed by atoms with Crippen molar-refractivity contribution in [3.05, 3.63) is 119 Å². The number of methoxy groups -OCH3 is 4. The lowest BCUT2D eigenvalue weighted by Crippen LogP contribution is -2.58. The number of ether oxygens (including phenoxy) is 9. The minimum Gasteiger partial charge on any atom is -0.497 e. The molecular weight excluding hydrogens is 777 g/mol. The van der Waals surface area contributed by atoms with Crippen molar-refractivity contribution in [1.29, 1.82) is 5.41 Å². The first kappa shape index (κ1) is 41.8. The van der Waals surface area contributed by atoms with Crippen LogP contribution in [-0.2, 0) is 50.1 Å². The molecule has 1 N–H and O–H groups in total. The van der Waals surface area contributed by atoms with Gasteiger partial charge in [0.1, 0.15) is 41.3 Å². The molecule has 0 aromatic heterocycles. The van der Waals surface area contributed by atoms with Crippen molar-refractivity contribution in [2.75, 3.05) is 35.0 Å². The number of alkyl halides is 3. The number of benzene rings is 4. The minimum atomic E-state index is -2.11. The first-order valence-corrected chi connectivity index (χ1v) is 19.1. The molecule has 10 nitrogen and oxygen atoms in total. The summed E-state index contributed by atoms with van der Waals surface area (Å²) in [6, 6.07) is 30.5. The zero-order chi connectivity index (χ0) is 38.5. The normalized spacial score (nSPS) is 19.9. The van der Waals surface area contributed by atoms with Crippen molar-refractivity contribution in [3.63, 3.8) is 0 Å². The summed E-state index contributed by atoms with van der Waals surface area (Å²) in [5.41, 5.74) is 2.81. The lowest BCUT2D eigenvalue weighted by atomic mass is 10.0. The van der Waals surface area contributed by atoms with E-state index in [9.17, 15) is 0 Å².